The molecule has 0 atom stereocenters. The quantitative estimate of drug-likeness (QED) is 0.225. The van der Waals surface area contributed by atoms with Gasteiger partial charge in [-0.1, -0.05) is 36.0 Å². The first-order chi connectivity index (χ1) is 17.2. The van der Waals surface area contributed by atoms with Crippen molar-refractivity contribution < 1.29 is 19.2 Å². The fraction of sp³-hybridized carbons (Fsp3) is 0.250. The molecule has 1 saturated heterocycles. The Bertz CT molecular complexity index is 1270. The number of piperidine rings is 1. The molecule has 1 amide bonds. The highest BCUT2D eigenvalue weighted by molar-refractivity contribution is 8.14. The number of benzene rings is 1. The molecule has 0 aliphatic carbocycles. The van der Waals surface area contributed by atoms with Crippen LogP contribution in [0.5, 0.6) is 0 Å². The number of hydrogen-bond donors (Lipinski definition) is 0. The first-order valence-electron chi connectivity index (χ1n) is 11.3. The summed E-state index contributed by atoms with van der Waals surface area (Å²) in [6.07, 6.45) is 8.28. The van der Waals surface area contributed by atoms with E-state index in [9.17, 15) is 9.90 Å². The number of carbonyl (C=O) groups is 1. The average Bonchev–Trinajstić information content (AvgIpc) is 3.49. The van der Waals surface area contributed by atoms with E-state index in [2.05, 4.69) is 25.2 Å². The molecule has 0 N–H and O–H groups in total. The first kappa shape index (κ1) is 22.8. The minimum atomic E-state index is -0.415. The molecule has 2 aliphatic rings. The summed E-state index contributed by atoms with van der Waals surface area (Å²) < 4.78 is 5.22. The van der Waals surface area contributed by atoms with Gasteiger partial charge in [-0.05, 0) is 55.5 Å². The molecule has 3 aromatic rings. The van der Waals surface area contributed by atoms with Gasteiger partial charge in [0.05, 0.1) is 29.3 Å². The van der Waals surface area contributed by atoms with Gasteiger partial charge in [0.15, 0.2) is 5.17 Å². The van der Waals surface area contributed by atoms with Crippen molar-refractivity contribution in [2.45, 2.75) is 19.3 Å². The Kier molecular flexibility index (Phi) is 6.85. The van der Waals surface area contributed by atoms with Crippen molar-refractivity contribution in [2.75, 3.05) is 28.8 Å². The maximum Gasteiger partial charge on any atom is 0.324 e. The number of rotatable bonds is 6. The number of carbonyl (C=O) groups excluding carboxylic acids is 1. The maximum atomic E-state index is 13.2. The van der Waals surface area contributed by atoms with Crippen LogP contribution in [0.4, 0.5) is 11.6 Å². The van der Waals surface area contributed by atoms with Crippen LogP contribution in [0.2, 0.25) is 0 Å². The molecule has 10 nitrogen and oxygen atoms in total. The summed E-state index contributed by atoms with van der Waals surface area (Å²) in [7, 11) is 0. The molecular weight excluding hydrogens is 466 g/mol. The zero-order valence-electron chi connectivity index (χ0n) is 18.9. The molecule has 1 aromatic carbocycles. The van der Waals surface area contributed by atoms with Crippen LogP contribution in [0, 0.1) is 0 Å². The van der Waals surface area contributed by atoms with Gasteiger partial charge in [-0.25, -0.2) is 9.98 Å². The Morgan fingerprint density at radius 3 is 2.71 bits per heavy atom. The number of aromatic nitrogens is 3. The predicted molar refractivity (Wildman–Crippen MR) is 132 cm³/mol. The van der Waals surface area contributed by atoms with Crippen LogP contribution in [0.25, 0.3) is 6.08 Å². The molecule has 5 rings (SSSR count). The minimum Gasteiger partial charge on any atom is -0.861 e. The van der Waals surface area contributed by atoms with Crippen molar-refractivity contribution in [2.24, 2.45) is 9.98 Å². The summed E-state index contributed by atoms with van der Waals surface area (Å²) in [5.74, 6) is -0.577. The topological polar surface area (TPSA) is 114 Å². The number of hydrogen-bond acceptors (Lipinski definition) is 9. The molecule has 1 fully saturated rings. The molecule has 2 aliphatic heterocycles. The van der Waals surface area contributed by atoms with E-state index < -0.39 is 5.90 Å². The fourth-order valence-electron chi connectivity index (χ4n) is 3.78. The molecule has 11 heteroatoms. The third-order valence-electron chi connectivity index (χ3n) is 5.44. The summed E-state index contributed by atoms with van der Waals surface area (Å²) in [6.45, 7) is 1.77. The Morgan fingerprint density at radius 1 is 1.14 bits per heavy atom. The zero-order valence-corrected chi connectivity index (χ0v) is 19.7. The highest BCUT2D eigenvalue weighted by Gasteiger charge is 2.32. The summed E-state index contributed by atoms with van der Waals surface area (Å²) in [5, 5.41) is 19.0. The molecular formula is C24H23N7O3S. The molecule has 0 unspecified atom stereocenters. The molecule has 0 saturated carbocycles. The lowest BCUT2D eigenvalue weighted by molar-refractivity contribution is -0.759. The standard InChI is InChI=1S/C24H23N7O3S/c32-21(27-22-16-30(28-34-22)29-13-7-2-8-14-29)17-35-24-26-20(15-18-9-5-6-12-25-18)23(33)31(24)19-10-3-1-4-11-19/h1,3-6,9-12,15-16H,2,7-8,13-14,17H2/b20-15+. The average molecular weight is 490 g/mol. The van der Waals surface area contributed by atoms with Gasteiger partial charge >= 0.3 is 5.88 Å². The smallest absolute Gasteiger partial charge is 0.324 e. The van der Waals surface area contributed by atoms with E-state index in [0.717, 1.165) is 37.7 Å². The zero-order chi connectivity index (χ0) is 24.0. The number of amides is 1. The molecule has 0 spiro atoms. The van der Waals surface area contributed by atoms with Crippen LogP contribution >= 0.6 is 11.8 Å². The molecule has 0 bridgehead atoms. The van der Waals surface area contributed by atoms with Crippen LogP contribution in [-0.2, 0) is 4.79 Å². The Balaban J connectivity index is 1.33. The minimum absolute atomic E-state index is 0.0171. The van der Waals surface area contributed by atoms with Crippen LogP contribution in [0.1, 0.15) is 25.0 Å². The Morgan fingerprint density at radius 2 is 1.94 bits per heavy atom. The summed E-state index contributed by atoms with van der Waals surface area (Å²) in [4.78, 5) is 29.0. The van der Waals surface area contributed by atoms with E-state index in [1.165, 1.54) is 11.3 Å². The molecule has 0 radical (unpaired) electrons. The van der Waals surface area contributed by atoms with Crippen LogP contribution in [0.3, 0.4) is 0 Å². The second kappa shape index (κ2) is 10.5. The van der Waals surface area contributed by atoms with Gasteiger partial charge in [-0.3, -0.25) is 19.2 Å². The van der Waals surface area contributed by atoms with E-state index in [-0.39, 0.29) is 23.2 Å². The normalized spacial score (nSPS) is 17.8. The summed E-state index contributed by atoms with van der Waals surface area (Å²) in [5.41, 5.74) is 1.53. The third kappa shape index (κ3) is 5.40. The fourth-order valence-corrected chi connectivity index (χ4v) is 4.57. The number of para-hydroxylation sites is 1. The van der Waals surface area contributed by atoms with Crippen molar-refractivity contribution in [3.8, 4) is 0 Å². The van der Waals surface area contributed by atoms with Crippen molar-refractivity contribution in [1.82, 2.24) is 10.3 Å². The monoisotopic (exact) mass is 489 g/mol. The van der Waals surface area contributed by atoms with Gasteiger partial charge in [0.2, 0.25) is 5.27 Å². The van der Waals surface area contributed by atoms with E-state index in [0.29, 0.717) is 16.5 Å². The van der Waals surface area contributed by atoms with E-state index in [1.54, 1.807) is 35.4 Å². The Hall–Kier alpha value is -3.99. The number of nitrogens with zero attached hydrogens (tertiary/aromatic N) is 7. The van der Waals surface area contributed by atoms with Gasteiger partial charge in [0.25, 0.3) is 12.1 Å². The van der Waals surface area contributed by atoms with Gasteiger partial charge in [0.1, 0.15) is 5.70 Å². The highest BCUT2D eigenvalue weighted by Crippen LogP contribution is 2.29. The molecule has 35 heavy (non-hydrogen) atoms. The van der Waals surface area contributed by atoms with Crippen molar-refractivity contribution in [3.05, 3.63) is 72.3 Å². The van der Waals surface area contributed by atoms with Gasteiger partial charge in [0, 0.05) is 11.9 Å². The number of thioether (sulfide) groups is 1. The predicted octanol–water partition coefficient (Wildman–Crippen LogP) is 2.05. The number of anilines is 1. The Labute approximate surface area is 206 Å². The van der Waals surface area contributed by atoms with Crippen molar-refractivity contribution >= 4 is 46.4 Å². The van der Waals surface area contributed by atoms with E-state index in [1.807, 2.05) is 36.4 Å². The lowest BCUT2D eigenvalue weighted by Crippen LogP contribution is -2.60. The molecule has 4 heterocycles. The van der Waals surface area contributed by atoms with Gasteiger partial charge in [-0.15, -0.1) is 0 Å². The lowest BCUT2D eigenvalue weighted by atomic mass is 10.2. The van der Waals surface area contributed by atoms with Crippen molar-refractivity contribution in [1.29, 1.82) is 0 Å². The van der Waals surface area contributed by atoms with Gasteiger partial charge < -0.3 is 5.11 Å². The molecule has 178 valence electrons. The maximum absolute atomic E-state index is 13.2. The van der Waals surface area contributed by atoms with Crippen LogP contribution in [0.15, 0.2) is 81.1 Å². The second-order valence-electron chi connectivity index (χ2n) is 7.92. The molecule has 2 aromatic heterocycles. The third-order valence-corrected chi connectivity index (χ3v) is 6.37. The van der Waals surface area contributed by atoms with Crippen LogP contribution < -0.4 is 19.8 Å². The number of pyridine rings is 1. The largest absolute Gasteiger partial charge is 0.861 e. The van der Waals surface area contributed by atoms with E-state index >= 15 is 0 Å². The number of aliphatic imine (C=N–C) groups is 2. The SMILES string of the molecule is O=C1/C(=C\c2ccccn2)N=C(SC/C([O-])=N/c2c[n+](N3CCCCC3)no2)N1c1ccccc1. The second-order valence-corrected chi connectivity index (χ2v) is 8.87. The van der Waals surface area contributed by atoms with Crippen molar-refractivity contribution in [3.63, 3.8) is 0 Å². The summed E-state index contributed by atoms with van der Waals surface area (Å²) >= 11 is 1.14. The highest BCUT2D eigenvalue weighted by atomic mass is 32.2. The van der Waals surface area contributed by atoms with E-state index in [4.69, 9.17) is 4.52 Å². The van der Waals surface area contributed by atoms with Gasteiger partial charge in [-0.2, -0.15) is 5.01 Å². The lowest BCUT2D eigenvalue weighted by Gasteiger charge is -2.18. The first-order valence-corrected chi connectivity index (χ1v) is 12.3. The van der Waals surface area contributed by atoms with Crippen LogP contribution in [-0.4, -0.2) is 46.1 Å². The summed E-state index contributed by atoms with van der Waals surface area (Å²) in [6, 6.07) is 14.6. The number of amidine groups is 1.